The van der Waals surface area contributed by atoms with Crippen LogP contribution in [0, 0.1) is 0 Å². The zero-order valence-corrected chi connectivity index (χ0v) is 11.6. The van der Waals surface area contributed by atoms with Crippen LogP contribution in [-0.2, 0) is 9.53 Å². The number of nitrogens with zero attached hydrogens (tertiary/aromatic N) is 1. The molecule has 20 heavy (non-hydrogen) atoms. The summed E-state index contributed by atoms with van der Waals surface area (Å²) in [6.07, 6.45) is -6.00. The monoisotopic (exact) mass is 302 g/mol. The molecule has 4 N–H and O–H groups in total. The lowest BCUT2D eigenvalue weighted by Crippen LogP contribution is -2.49. The van der Waals surface area contributed by atoms with E-state index in [1.54, 1.807) is 20.8 Å². The summed E-state index contributed by atoms with van der Waals surface area (Å²) in [5, 5.41) is 18.2. The molecule has 0 amide bonds. The molecule has 0 aromatic rings. The number of hydrogen-bond donors (Lipinski definition) is 3. The molecule has 0 saturated heterocycles. The van der Waals surface area contributed by atoms with E-state index in [1.807, 2.05) is 0 Å². The van der Waals surface area contributed by atoms with E-state index in [2.05, 4.69) is 0 Å². The minimum Gasteiger partial charge on any atom is -0.480 e. The van der Waals surface area contributed by atoms with Gasteiger partial charge in [-0.1, -0.05) is 0 Å². The fourth-order valence-electron chi connectivity index (χ4n) is 1.48. The molecule has 0 bridgehead atoms. The number of rotatable bonds is 7. The zero-order chi connectivity index (χ0) is 16.1. The molecule has 2 atom stereocenters. The molecule has 1 unspecified atom stereocenters. The van der Waals surface area contributed by atoms with E-state index in [-0.39, 0.29) is 0 Å². The Balaban J connectivity index is 4.64. The normalized spacial score (nSPS) is 16.2. The van der Waals surface area contributed by atoms with Gasteiger partial charge in [-0.15, -0.1) is 0 Å². The summed E-state index contributed by atoms with van der Waals surface area (Å²) in [6.45, 7) is 2.49. The first-order valence-corrected chi connectivity index (χ1v) is 5.93. The van der Waals surface area contributed by atoms with Crippen LogP contribution in [-0.4, -0.2) is 64.8 Å². The molecule has 0 aliphatic carbocycles. The molecule has 0 saturated carbocycles. The number of carboxylic acid groups (broad SMARTS) is 1. The molecule has 0 aromatic carbocycles. The Morgan fingerprint density at radius 1 is 1.30 bits per heavy atom. The highest BCUT2D eigenvalue weighted by Gasteiger charge is 2.33. The number of aliphatic hydroxyl groups excluding tert-OH is 1. The van der Waals surface area contributed by atoms with Crippen molar-refractivity contribution in [2.45, 2.75) is 44.9 Å². The molecule has 0 radical (unpaired) electrons. The van der Waals surface area contributed by atoms with Crippen molar-refractivity contribution in [3.8, 4) is 0 Å². The Morgan fingerprint density at radius 3 is 2.15 bits per heavy atom. The second-order valence-electron chi connectivity index (χ2n) is 5.44. The maximum atomic E-state index is 12.4. The van der Waals surface area contributed by atoms with Gasteiger partial charge in [-0.2, -0.15) is 13.2 Å². The Kier molecular flexibility index (Phi) is 6.88. The minimum absolute atomic E-state index is 0.488. The van der Waals surface area contributed by atoms with Crippen molar-refractivity contribution in [2.24, 2.45) is 5.73 Å². The fourth-order valence-corrected chi connectivity index (χ4v) is 1.48. The van der Waals surface area contributed by atoms with Gasteiger partial charge in [0.15, 0.2) is 6.29 Å². The number of aliphatic hydroxyl groups is 1. The minimum atomic E-state index is -4.53. The molecular weight excluding hydrogens is 281 g/mol. The molecule has 120 valence electrons. The van der Waals surface area contributed by atoms with Crippen molar-refractivity contribution in [2.75, 3.05) is 19.6 Å². The lowest BCUT2D eigenvalue weighted by molar-refractivity contribution is -0.190. The molecule has 0 aromatic heterocycles. The number of halogens is 3. The second-order valence-corrected chi connectivity index (χ2v) is 5.44. The van der Waals surface area contributed by atoms with Gasteiger partial charge in [0.05, 0.1) is 12.1 Å². The predicted molar refractivity (Wildman–Crippen MR) is 65.0 cm³/mol. The molecule has 0 rings (SSSR count). The molecule has 6 nitrogen and oxygen atoms in total. The van der Waals surface area contributed by atoms with Gasteiger partial charge in [0.2, 0.25) is 0 Å². The standard InChI is InChI=1S/C11H21F3N2O4/c1-10(2,3)20-8(17)5-16(6-11(12,13)14)4-7(15)9(18)19/h7-8,17H,4-6,15H2,1-3H3,(H,18,19)/t7-,8?/m0/s1. The van der Waals surface area contributed by atoms with Crippen LogP contribution in [0.2, 0.25) is 0 Å². The highest BCUT2D eigenvalue weighted by molar-refractivity contribution is 5.73. The number of ether oxygens (including phenoxy) is 1. The van der Waals surface area contributed by atoms with Crippen molar-refractivity contribution >= 4 is 5.97 Å². The van der Waals surface area contributed by atoms with E-state index in [0.717, 1.165) is 0 Å². The van der Waals surface area contributed by atoms with Crippen LogP contribution in [0.25, 0.3) is 0 Å². The van der Waals surface area contributed by atoms with Gasteiger partial charge >= 0.3 is 12.1 Å². The van der Waals surface area contributed by atoms with Crippen LogP contribution >= 0.6 is 0 Å². The average molecular weight is 302 g/mol. The van der Waals surface area contributed by atoms with Gasteiger partial charge in [-0.3, -0.25) is 9.69 Å². The summed E-state index contributed by atoms with van der Waals surface area (Å²) < 4.78 is 42.3. The second kappa shape index (κ2) is 7.21. The molecule has 0 heterocycles. The van der Waals surface area contributed by atoms with Crippen LogP contribution in [0.15, 0.2) is 0 Å². The van der Waals surface area contributed by atoms with E-state index in [0.29, 0.717) is 4.90 Å². The van der Waals surface area contributed by atoms with Gasteiger partial charge in [0.25, 0.3) is 0 Å². The third-order valence-electron chi connectivity index (χ3n) is 2.08. The summed E-state index contributed by atoms with van der Waals surface area (Å²) in [4.78, 5) is 11.3. The molecule has 0 aliphatic heterocycles. The quantitative estimate of drug-likeness (QED) is 0.589. The van der Waals surface area contributed by atoms with E-state index in [9.17, 15) is 23.1 Å². The van der Waals surface area contributed by atoms with E-state index in [4.69, 9.17) is 15.6 Å². The lowest BCUT2D eigenvalue weighted by Gasteiger charge is -2.30. The Hall–Kier alpha value is -0.900. The van der Waals surface area contributed by atoms with Crippen LogP contribution in [0.3, 0.4) is 0 Å². The number of aliphatic carboxylic acids is 1. The van der Waals surface area contributed by atoms with E-state index >= 15 is 0 Å². The third-order valence-corrected chi connectivity index (χ3v) is 2.08. The first-order valence-electron chi connectivity index (χ1n) is 5.93. The van der Waals surface area contributed by atoms with Gasteiger partial charge in [-0.25, -0.2) is 0 Å². The van der Waals surface area contributed by atoms with Crippen molar-refractivity contribution < 1.29 is 32.9 Å². The summed E-state index contributed by atoms with van der Waals surface area (Å²) in [7, 11) is 0. The molecular formula is C11H21F3N2O4. The predicted octanol–water partition coefficient (Wildman–Crippen LogP) is 0.396. The molecule has 0 fully saturated rings. The van der Waals surface area contributed by atoms with Crippen molar-refractivity contribution in [3.05, 3.63) is 0 Å². The van der Waals surface area contributed by atoms with E-state index in [1.165, 1.54) is 0 Å². The van der Waals surface area contributed by atoms with Crippen LogP contribution < -0.4 is 5.73 Å². The van der Waals surface area contributed by atoms with Crippen molar-refractivity contribution in [1.82, 2.24) is 4.90 Å². The number of carboxylic acids is 1. The Morgan fingerprint density at radius 2 is 1.80 bits per heavy atom. The maximum Gasteiger partial charge on any atom is 0.401 e. The number of nitrogens with two attached hydrogens (primary N) is 1. The highest BCUT2D eigenvalue weighted by Crippen LogP contribution is 2.18. The highest BCUT2D eigenvalue weighted by atomic mass is 19.4. The topological polar surface area (TPSA) is 96.0 Å². The first kappa shape index (κ1) is 19.1. The number of carbonyl (C=O) groups is 1. The largest absolute Gasteiger partial charge is 0.480 e. The van der Waals surface area contributed by atoms with Crippen LogP contribution in [0.1, 0.15) is 20.8 Å². The summed E-state index contributed by atoms with van der Waals surface area (Å²) >= 11 is 0. The summed E-state index contributed by atoms with van der Waals surface area (Å²) in [5.41, 5.74) is 4.47. The van der Waals surface area contributed by atoms with Gasteiger partial charge < -0.3 is 20.7 Å². The first-order chi connectivity index (χ1) is 8.80. The van der Waals surface area contributed by atoms with Gasteiger partial charge in [0, 0.05) is 13.1 Å². The number of hydrogen-bond acceptors (Lipinski definition) is 5. The van der Waals surface area contributed by atoms with E-state index < -0.39 is 49.7 Å². The summed E-state index contributed by atoms with van der Waals surface area (Å²) in [5.74, 6) is -1.41. The lowest BCUT2D eigenvalue weighted by atomic mass is 10.2. The Bertz CT molecular complexity index is 318. The fraction of sp³-hybridized carbons (Fsp3) is 0.909. The molecule has 0 spiro atoms. The smallest absolute Gasteiger partial charge is 0.401 e. The molecule has 9 heteroatoms. The van der Waals surface area contributed by atoms with Gasteiger partial charge in [0.1, 0.15) is 6.04 Å². The van der Waals surface area contributed by atoms with Crippen LogP contribution in [0.4, 0.5) is 13.2 Å². The molecule has 0 aliphatic rings. The average Bonchev–Trinajstić information content (AvgIpc) is 2.10. The number of alkyl halides is 3. The third kappa shape index (κ3) is 9.96. The van der Waals surface area contributed by atoms with Crippen molar-refractivity contribution in [1.29, 1.82) is 0 Å². The SMILES string of the molecule is CC(C)(C)OC(O)CN(C[C@H](N)C(=O)O)CC(F)(F)F. The zero-order valence-electron chi connectivity index (χ0n) is 11.6. The van der Waals surface area contributed by atoms with Crippen molar-refractivity contribution in [3.63, 3.8) is 0 Å². The maximum absolute atomic E-state index is 12.4. The van der Waals surface area contributed by atoms with Crippen LogP contribution in [0.5, 0.6) is 0 Å². The van der Waals surface area contributed by atoms with Gasteiger partial charge in [-0.05, 0) is 20.8 Å². The Labute approximate surface area is 115 Å². The summed E-state index contributed by atoms with van der Waals surface area (Å²) in [6, 6.07) is -1.47.